The molecule has 0 fully saturated rings. The molecule has 2 aromatic rings. The van der Waals surface area contributed by atoms with Crippen LogP contribution in [0.4, 0.5) is 24.5 Å². The first-order valence-corrected chi connectivity index (χ1v) is 6.69. The summed E-state index contributed by atoms with van der Waals surface area (Å²) in [5, 5.41) is 4.26. The van der Waals surface area contributed by atoms with Crippen molar-refractivity contribution in [3.8, 4) is 0 Å². The Bertz CT molecular complexity index is 733. The molecule has 0 aliphatic heterocycles. The number of nitrogens with one attached hydrogen (secondary N) is 2. The quantitative estimate of drug-likeness (QED) is 0.812. The van der Waals surface area contributed by atoms with Crippen LogP contribution in [0.5, 0.6) is 0 Å². The zero-order chi connectivity index (χ0) is 17.0. The van der Waals surface area contributed by atoms with Gasteiger partial charge in [0.05, 0.1) is 16.3 Å². The number of halogens is 4. The predicted molar refractivity (Wildman–Crippen MR) is 80.2 cm³/mol. The molecule has 4 nitrogen and oxygen atoms in total. The lowest BCUT2D eigenvalue weighted by Gasteiger charge is -2.11. The molecule has 0 bridgehead atoms. The highest BCUT2D eigenvalue weighted by Crippen LogP contribution is 2.33. The summed E-state index contributed by atoms with van der Waals surface area (Å²) in [4.78, 5) is 23.5. The third kappa shape index (κ3) is 4.46. The normalized spacial score (nSPS) is 11.0. The number of hydrogen-bond acceptors (Lipinski definition) is 2. The van der Waals surface area contributed by atoms with Gasteiger partial charge in [0.15, 0.2) is 0 Å². The van der Waals surface area contributed by atoms with Crippen LogP contribution in [-0.2, 0) is 15.8 Å². The maximum absolute atomic E-state index is 12.6. The summed E-state index contributed by atoms with van der Waals surface area (Å²) in [5.41, 5.74) is -0.904. The van der Waals surface area contributed by atoms with Crippen molar-refractivity contribution in [2.75, 3.05) is 10.6 Å². The average molecular weight is 343 g/mol. The summed E-state index contributed by atoms with van der Waals surface area (Å²) >= 11 is 5.74. The first-order chi connectivity index (χ1) is 10.8. The standard InChI is InChI=1S/C15H10ClF3N2O2/c16-11-7-6-9(15(17,18)19)8-12(11)21-14(23)13(22)20-10-4-2-1-3-5-10/h1-8H,(H,20,22)(H,21,23). The van der Waals surface area contributed by atoms with E-state index in [1.807, 2.05) is 0 Å². The first kappa shape index (κ1) is 16.8. The molecule has 0 radical (unpaired) electrons. The minimum absolute atomic E-state index is 0.112. The number of para-hydroxylation sites is 1. The largest absolute Gasteiger partial charge is 0.416 e. The minimum Gasteiger partial charge on any atom is -0.318 e. The van der Waals surface area contributed by atoms with E-state index in [-0.39, 0.29) is 10.7 Å². The van der Waals surface area contributed by atoms with Gasteiger partial charge in [0.1, 0.15) is 0 Å². The molecule has 0 saturated carbocycles. The van der Waals surface area contributed by atoms with Crippen molar-refractivity contribution >= 4 is 34.8 Å². The molecule has 23 heavy (non-hydrogen) atoms. The van der Waals surface area contributed by atoms with Gasteiger partial charge in [-0.25, -0.2) is 0 Å². The number of benzene rings is 2. The number of carbonyl (C=O) groups excluding carboxylic acids is 2. The summed E-state index contributed by atoms with van der Waals surface area (Å²) in [6.45, 7) is 0. The third-order valence-electron chi connectivity index (χ3n) is 2.78. The molecule has 2 aromatic carbocycles. The Morgan fingerprint density at radius 1 is 0.913 bits per heavy atom. The van der Waals surface area contributed by atoms with Crippen molar-refractivity contribution in [2.45, 2.75) is 6.18 Å². The fraction of sp³-hybridized carbons (Fsp3) is 0.0667. The molecule has 0 unspecified atom stereocenters. The van der Waals surface area contributed by atoms with E-state index in [0.717, 1.165) is 12.1 Å². The van der Waals surface area contributed by atoms with Gasteiger partial charge in [-0.1, -0.05) is 29.8 Å². The highest BCUT2D eigenvalue weighted by molar-refractivity contribution is 6.44. The van der Waals surface area contributed by atoms with Crippen molar-refractivity contribution in [2.24, 2.45) is 0 Å². The van der Waals surface area contributed by atoms with Crippen molar-refractivity contribution in [1.29, 1.82) is 0 Å². The smallest absolute Gasteiger partial charge is 0.318 e. The Labute approximate surface area is 134 Å². The molecule has 8 heteroatoms. The van der Waals surface area contributed by atoms with Crippen LogP contribution in [0.15, 0.2) is 48.5 Å². The second kappa shape index (κ2) is 6.70. The van der Waals surface area contributed by atoms with Crippen LogP contribution in [0, 0.1) is 0 Å². The van der Waals surface area contributed by atoms with Gasteiger partial charge in [-0.15, -0.1) is 0 Å². The van der Waals surface area contributed by atoms with Gasteiger partial charge in [-0.3, -0.25) is 9.59 Å². The number of amides is 2. The molecular formula is C15H10ClF3N2O2. The zero-order valence-corrected chi connectivity index (χ0v) is 12.2. The SMILES string of the molecule is O=C(Nc1ccccc1)C(=O)Nc1cc(C(F)(F)F)ccc1Cl. The lowest BCUT2D eigenvalue weighted by atomic mass is 10.2. The van der Waals surface area contributed by atoms with E-state index in [4.69, 9.17) is 11.6 Å². The van der Waals surface area contributed by atoms with Crippen LogP contribution in [0.2, 0.25) is 5.02 Å². The van der Waals surface area contributed by atoms with Crippen molar-refractivity contribution < 1.29 is 22.8 Å². The Balaban J connectivity index is 2.12. The fourth-order valence-corrected chi connectivity index (χ4v) is 1.85. The van der Waals surface area contributed by atoms with E-state index in [1.165, 1.54) is 0 Å². The fourth-order valence-electron chi connectivity index (χ4n) is 1.69. The highest BCUT2D eigenvalue weighted by atomic mass is 35.5. The molecule has 2 amide bonds. The van der Waals surface area contributed by atoms with Gasteiger partial charge in [-0.05, 0) is 30.3 Å². The Morgan fingerprint density at radius 2 is 1.52 bits per heavy atom. The lowest BCUT2D eigenvalue weighted by Crippen LogP contribution is -2.29. The van der Waals surface area contributed by atoms with Crippen molar-refractivity contribution in [3.63, 3.8) is 0 Å². The molecule has 120 valence electrons. The van der Waals surface area contributed by atoms with Crippen LogP contribution < -0.4 is 10.6 Å². The summed E-state index contributed by atoms with van der Waals surface area (Å²) in [7, 11) is 0. The van der Waals surface area contributed by atoms with Crippen LogP contribution in [-0.4, -0.2) is 11.8 Å². The van der Waals surface area contributed by atoms with Gasteiger partial charge in [0, 0.05) is 5.69 Å². The number of alkyl halides is 3. The summed E-state index contributed by atoms with van der Waals surface area (Å²) < 4.78 is 37.9. The van der Waals surface area contributed by atoms with E-state index in [1.54, 1.807) is 30.3 Å². The maximum atomic E-state index is 12.6. The van der Waals surface area contributed by atoms with Gasteiger partial charge < -0.3 is 10.6 Å². The molecule has 0 atom stereocenters. The van der Waals surface area contributed by atoms with Gasteiger partial charge in [-0.2, -0.15) is 13.2 Å². The van der Waals surface area contributed by atoms with E-state index in [9.17, 15) is 22.8 Å². The molecule has 0 heterocycles. The molecule has 2 N–H and O–H groups in total. The number of hydrogen-bond donors (Lipinski definition) is 2. The monoisotopic (exact) mass is 342 g/mol. The predicted octanol–water partition coefficient (Wildman–Crippen LogP) is 3.94. The molecule has 0 aromatic heterocycles. The molecule has 0 spiro atoms. The Kier molecular flexibility index (Phi) is 4.90. The van der Waals surface area contributed by atoms with Crippen LogP contribution in [0.25, 0.3) is 0 Å². The molecule has 0 aliphatic carbocycles. The van der Waals surface area contributed by atoms with Crippen LogP contribution >= 0.6 is 11.6 Å². The van der Waals surface area contributed by atoms with Gasteiger partial charge in [0.25, 0.3) is 0 Å². The van der Waals surface area contributed by atoms with Crippen LogP contribution in [0.3, 0.4) is 0 Å². The summed E-state index contributed by atoms with van der Waals surface area (Å²) in [6, 6.07) is 10.6. The summed E-state index contributed by atoms with van der Waals surface area (Å²) in [6.07, 6.45) is -4.59. The second-order valence-corrected chi connectivity index (χ2v) is 4.87. The molecule has 2 rings (SSSR count). The second-order valence-electron chi connectivity index (χ2n) is 4.47. The average Bonchev–Trinajstić information content (AvgIpc) is 2.49. The van der Waals surface area contributed by atoms with Crippen molar-refractivity contribution in [1.82, 2.24) is 0 Å². The summed E-state index contributed by atoms with van der Waals surface area (Å²) in [5.74, 6) is -2.15. The number of rotatable bonds is 2. The highest BCUT2D eigenvalue weighted by Gasteiger charge is 2.31. The Morgan fingerprint density at radius 3 is 2.13 bits per heavy atom. The van der Waals surface area contributed by atoms with E-state index in [0.29, 0.717) is 11.8 Å². The third-order valence-corrected chi connectivity index (χ3v) is 3.11. The minimum atomic E-state index is -4.59. The molecule has 0 aliphatic rings. The maximum Gasteiger partial charge on any atom is 0.416 e. The van der Waals surface area contributed by atoms with Crippen molar-refractivity contribution in [3.05, 3.63) is 59.1 Å². The lowest BCUT2D eigenvalue weighted by molar-refractivity contribution is -0.137. The topological polar surface area (TPSA) is 58.2 Å². The van der Waals surface area contributed by atoms with Crippen LogP contribution in [0.1, 0.15) is 5.56 Å². The Hall–Kier alpha value is -2.54. The first-order valence-electron chi connectivity index (χ1n) is 6.31. The van der Waals surface area contributed by atoms with Gasteiger partial charge in [0.2, 0.25) is 0 Å². The molecule has 0 saturated heterocycles. The number of carbonyl (C=O) groups is 2. The number of anilines is 2. The van der Waals surface area contributed by atoms with E-state index >= 15 is 0 Å². The van der Waals surface area contributed by atoms with E-state index in [2.05, 4.69) is 10.6 Å². The van der Waals surface area contributed by atoms with Gasteiger partial charge >= 0.3 is 18.0 Å². The van der Waals surface area contributed by atoms with E-state index < -0.39 is 23.6 Å². The molecular weight excluding hydrogens is 333 g/mol. The zero-order valence-electron chi connectivity index (χ0n) is 11.4.